The van der Waals surface area contributed by atoms with Crippen LogP contribution in [0.1, 0.15) is 30.9 Å². The highest BCUT2D eigenvalue weighted by atomic mass is 32.2. The molecule has 3 heterocycles. The van der Waals surface area contributed by atoms with Gasteiger partial charge in [-0.15, -0.1) is 0 Å². The van der Waals surface area contributed by atoms with Gasteiger partial charge in [-0.2, -0.15) is 5.26 Å². The Labute approximate surface area is 174 Å². The van der Waals surface area contributed by atoms with Gasteiger partial charge in [-0.3, -0.25) is 9.55 Å². The average Bonchev–Trinajstić information content (AvgIpc) is 3.46. The SMILES string of the molecule is CCc1cnc2c(c1)c(C#N)c(-c1ccc(S(=O)(=O)NC3CC3)cn1)n2C1=CC=C1. The lowest BCUT2D eigenvalue weighted by atomic mass is 10.1. The maximum atomic E-state index is 12.5. The van der Waals surface area contributed by atoms with Gasteiger partial charge >= 0.3 is 0 Å². The van der Waals surface area contributed by atoms with E-state index in [1.54, 1.807) is 6.07 Å². The minimum atomic E-state index is -3.58. The first-order chi connectivity index (χ1) is 14.5. The van der Waals surface area contributed by atoms with Gasteiger partial charge in [0.25, 0.3) is 0 Å². The maximum Gasteiger partial charge on any atom is 0.242 e. The molecular weight excluding hydrogens is 398 g/mol. The molecule has 5 rings (SSSR count). The van der Waals surface area contributed by atoms with E-state index in [-0.39, 0.29) is 10.9 Å². The smallest absolute Gasteiger partial charge is 0.242 e. The molecule has 0 spiro atoms. The molecule has 7 nitrogen and oxygen atoms in total. The van der Waals surface area contributed by atoms with Gasteiger partial charge in [0.2, 0.25) is 10.0 Å². The molecule has 0 radical (unpaired) electrons. The number of sulfonamides is 1. The van der Waals surface area contributed by atoms with Crippen LogP contribution < -0.4 is 4.72 Å². The minimum Gasteiger partial charge on any atom is -0.291 e. The van der Waals surface area contributed by atoms with E-state index in [1.165, 1.54) is 12.3 Å². The van der Waals surface area contributed by atoms with Gasteiger partial charge in [-0.1, -0.05) is 13.0 Å². The molecule has 0 atom stereocenters. The number of nitrogens with one attached hydrogen (secondary N) is 1. The lowest BCUT2D eigenvalue weighted by Gasteiger charge is -2.14. The Balaban J connectivity index is 1.67. The number of nitrogens with zero attached hydrogens (tertiary/aromatic N) is 4. The molecule has 0 amide bonds. The van der Waals surface area contributed by atoms with Crippen molar-refractivity contribution < 1.29 is 8.42 Å². The zero-order chi connectivity index (χ0) is 20.9. The lowest BCUT2D eigenvalue weighted by molar-refractivity contribution is 0.580. The Morgan fingerprint density at radius 1 is 1.27 bits per heavy atom. The highest BCUT2D eigenvalue weighted by molar-refractivity contribution is 7.89. The lowest BCUT2D eigenvalue weighted by Crippen LogP contribution is -2.25. The molecule has 3 aromatic heterocycles. The molecule has 3 aromatic rings. The van der Waals surface area contributed by atoms with Crippen LogP contribution in [-0.2, 0) is 16.4 Å². The number of hydrogen-bond acceptors (Lipinski definition) is 5. The van der Waals surface area contributed by atoms with Gasteiger partial charge in [-0.25, -0.2) is 18.1 Å². The van der Waals surface area contributed by atoms with Gasteiger partial charge in [0.15, 0.2) is 0 Å². The van der Waals surface area contributed by atoms with Gasteiger partial charge in [-0.05, 0) is 55.2 Å². The fourth-order valence-electron chi connectivity index (χ4n) is 3.51. The summed E-state index contributed by atoms with van der Waals surface area (Å²) in [6.45, 7) is 2.04. The first-order valence-electron chi connectivity index (χ1n) is 9.82. The summed E-state index contributed by atoms with van der Waals surface area (Å²) in [4.78, 5) is 9.15. The van der Waals surface area contributed by atoms with Crippen LogP contribution in [0.15, 0.2) is 53.7 Å². The summed E-state index contributed by atoms with van der Waals surface area (Å²) in [5, 5.41) is 10.7. The number of fused-ring (bicyclic) bond motifs is 1. The number of allylic oxidation sites excluding steroid dienone is 4. The van der Waals surface area contributed by atoms with Crippen LogP contribution in [0.2, 0.25) is 0 Å². The predicted molar refractivity (Wildman–Crippen MR) is 114 cm³/mol. The summed E-state index contributed by atoms with van der Waals surface area (Å²) >= 11 is 0. The number of aromatic nitrogens is 3. The van der Waals surface area contributed by atoms with Crippen LogP contribution in [-0.4, -0.2) is 29.0 Å². The average molecular weight is 417 g/mol. The fourth-order valence-corrected chi connectivity index (χ4v) is 4.76. The van der Waals surface area contributed by atoms with Gasteiger partial charge in [0.05, 0.1) is 17.0 Å². The Kier molecular flexibility index (Phi) is 4.31. The summed E-state index contributed by atoms with van der Waals surface area (Å²) in [6, 6.07) is 7.51. The zero-order valence-electron chi connectivity index (χ0n) is 16.3. The Morgan fingerprint density at radius 3 is 2.63 bits per heavy atom. The van der Waals surface area contributed by atoms with E-state index in [0.29, 0.717) is 22.6 Å². The molecule has 30 heavy (non-hydrogen) atoms. The van der Waals surface area contributed by atoms with Crippen molar-refractivity contribution in [2.24, 2.45) is 0 Å². The number of rotatable bonds is 6. The van der Waals surface area contributed by atoms with E-state index in [0.717, 1.165) is 35.9 Å². The molecule has 2 aliphatic carbocycles. The van der Waals surface area contributed by atoms with Crippen molar-refractivity contribution in [2.75, 3.05) is 0 Å². The van der Waals surface area contributed by atoms with Crippen LogP contribution >= 0.6 is 0 Å². The monoisotopic (exact) mass is 417 g/mol. The molecule has 1 N–H and O–H groups in total. The Hall–Kier alpha value is -3.28. The van der Waals surface area contributed by atoms with Crippen molar-refractivity contribution >= 4 is 26.8 Å². The normalized spacial score (nSPS) is 15.7. The standard InChI is InChI=1S/C22H19N5O2S/c1-2-14-10-18-19(11-23)21(27(16-4-3-5-16)22(18)25-12-14)20-9-8-17(13-24-20)30(28,29)26-15-6-7-15/h3-5,8-10,12-13,15,26H,2,6-7H2,1H3. The molecule has 1 fully saturated rings. The van der Waals surface area contributed by atoms with Crippen LogP contribution in [0.25, 0.3) is 28.1 Å². The van der Waals surface area contributed by atoms with Crippen molar-refractivity contribution in [3.63, 3.8) is 0 Å². The molecule has 0 aliphatic heterocycles. The Bertz CT molecular complexity index is 1370. The molecule has 0 unspecified atom stereocenters. The second-order valence-corrected chi connectivity index (χ2v) is 9.18. The zero-order valence-corrected chi connectivity index (χ0v) is 17.1. The number of aryl methyl sites for hydroxylation is 1. The van der Waals surface area contributed by atoms with Crippen LogP contribution in [0.4, 0.5) is 0 Å². The third-order valence-electron chi connectivity index (χ3n) is 5.37. The van der Waals surface area contributed by atoms with E-state index in [4.69, 9.17) is 0 Å². The molecule has 0 aromatic carbocycles. The quantitative estimate of drug-likeness (QED) is 0.663. The van der Waals surface area contributed by atoms with Crippen LogP contribution in [0.3, 0.4) is 0 Å². The molecule has 8 heteroatoms. The summed E-state index contributed by atoms with van der Waals surface area (Å²) in [5.74, 6) is 0. The number of pyridine rings is 2. The Morgan fingerprint density at radius 2 is 2.07 bits per heavy atom. The first-order valence-corrected chi connectivity index (χ1v) is 11.3. The summed E-state index contributed by atoms with van der Waals surface area (Å²) in [5.41, 5.74) is 4.25. The molecule has 0 bridgehead atoms. The van der Waals surface area contributed by atoms with E-state index < -0.39 is 10.0 Å². The third-order valence-corrected chi connectivity index (χ3v) is 6.87. The minimum absolute atomic E-state index is 0.0265. The van der Waals surface area contributed by atoms with Crippen molar-refractivity contribution in [3.05, 3.63) is 59.9 Å². The number of nitriles is 1. The summed E-state index contributed by atoms with van der Waals surface area (Å²) in [6.07, 6.45) is 11.5. The van der Waals surface area contributed by atoms with Gasteiger partial charge in [0.1, 0.15) is 16.6 Å². The third kappa shape index (κ3) is 3.03. The van der Waals surface area contributed by atoms with E-state index in [9.17, 15) is 13.7 Å². The van der Waals surface area contributed by atoms with Gasteiger partial charge in [0, 0.05) is 29.5 Å². The second-order valence-electron chi connectivity index (χ2n) is 7.46. The van der Waals surface area contributed by atoms with E-state index in [2.05, 4.69) is 20.8 Å². The molecule has 2 aliphatic rings. The van der Waals surface area contributed by atoms with Crippen molar-refractivity contribution in [1.29, 1.82) is 5.26 Å². The van der Waals surface area contributed by atoms with E-state index in [1.807, 2.05) is 42.0 Å². The molecule has 0 saturated heterocycles. The molecular formula is C22H19N5O2S. The largest absolute Gasteiger partial charge is 0.291 e. The molecule has 1 saturated carbocycles. The van der Waals surface area contributed by atoms with E-state index >= 15 is 0 Å². The predicted octanol–water partition coefficient (Wildman–Crippen LogP) is 3.38. The first kappa shape index (κ1) is 18.7. The summed E-state index contributed by atoms with van der Waals surface area (Å²) < 4.78 is 29.5. The van der Waals surface area contributed by atoms with Crippen LogP contribution in [0, 0.1) is 11.3 Å². The highest BCUT2D eigenvalue weighted by Crippen LogP contribution is 2.36. The summed E-state index contributed by atoms with van der Waals surface area (Å²) in [7, 11) is -3.58. The van der Waals surface area contributed by atoms with Gasteiger partial charge < -0.3 is 0 Å². The van der Waals surface area contributed by atoms with Crippen molar-refractivity contribution in [1.82, 2.24) is 19.3 Å². The van der Waals surface area contributed by atoms with Crippen molar-refractivity contribution in [3.8, 4) is 17.5 Å². The topological polar surface area (TPSA) is 101 Å². The number of hydrogen-bond donors (Lipinski definition) is 1. The fraction of sp³-hybridized carbons (Fsp3) is 0.227. The van der Waals surface area contributed by atoms with Crippen molar-refractivity contribution in [2.45, 2.75) is 37.1 Å². The second kappa shape index (κ2) is 6.90. The highest BCUT2D eigenvalue weighted by Gasteiger charge is 2.29. The molecule has 150 valence electrons. The maximum absolute atomic E-state index is 12.5. The van der Waals surface area contributed by atoms with Crippen LogP contribution in [0.5, 0.6) is 0 Å².